The van der Waals surface area contributed by atoms with Gasteiger partial charge in [-0.25, -0.2) is 0 Å². The van der Waals surface area contributed by atoms with Gasteiger partial charge < -0.3 is 15.3 Å². The van der Waals surface area contributed by atoms with E-state index in [1.165, 1.54) is 0 Å². The molecule has 1 aromatic rings. The van der Waals surface area contributed by atoms with Crippen LogP contribution in [-0.2, 0) is 20.9 Å². The third-order valence-electron chi connectivity index (χ3n) is 5.21. The fourth-order valence-electron chi connectivity index (χ4n) is 3.53. The van der Waals surface area contributed by atoms with E-state index in [1.54, 1.807) is 11.1 Å². The summed E-state index contributed by atoms with van der Waals surface area (Å²) >= 11 is 0. The molecule has 31 heavy (non-hydrogen) atoms. The minimum absolute atomic E-state index is 0.112. The third-order valence-corrected chi connectivity index (χ3v) is 5.21. The second-order valence-electron chi connectivity index (χ2n) is 7.62. The average Bonchev–Trinajstić information content (AvgIpc) is 3.19. The lowest BCUT2D eigenvalue weighted by molar-refractivity contribution is -0.140. The quantitative estimate of drug-likeness (QED) is 0.407. The standard InChI is InChI=1S/C19H32N6O6/c26-17(27)14-22-6-4-21(12-13-25-3-1-2-20-25)5-7-23(15-18(28)29)9-11-24(10-8-22)16-19(30)31/h1-3H,4-16H2,(H,26,27)(H,28,29)(H,30,31). The van der Waals surface area contributed by atoms with Crippen molar-refractivity contribution in [1.82, 2.24) is 29.4 Å². The van der Waals surface area contributed by atoms with E-state index in [4.69, 9.17) is 0 Å². The molecule has 0 aliphatic carbocycles. The van der Waals surface area contributed by atoms with E-state index in [9.17, 15) is 29.7 Å². The molecule has 1 aliphatic rings. The second kappa shape index (κ2) is 13.0. The maximum atomic E-state index is 11.3. The van der Waals surface area contributed by atoms with E-state index in [0.717, 1.165) is 0 Å². The molecule has 1 aliphatic heterocycles. The minimum Gasteiger partial charge on any atom is -0.480 e. The summed E-state index contributed by atoms with van der Waals surface area (Å²) < 4.78 is 1.82. The summed E-state index contributed by atoms with van der Waals surface area (Å²) in [5, 5.41) is 31.9. The predicted molar refractivity (Wildman–Crippen MR) is 111 cm³/mol. The van der Waals surface area contributed by atoms with Crippen LogP contribution >= 0.6 is 0 Å². The molecule has 12 heteroatoms. The molecule has 0 unspecified atom stereocenters. The van der Waals surface area contributed by atoms with Crippen molar-refractivity contribution in [3.05, 3.63) is 18.5 Å². The van der Waals surface area contributed by atoms with Crippen molar-refractivity contribution in [3.8, 4) is 0 Å². The van der Waals surface area contributed by atoms with Crippen molar-refractivity contribution >= 4 is 17.9 Å². The predicted octanol–water partition coefficient (Wildman–Crippen LogP) is -1.64. The number of aromatic nitrogens is 2. The molecule has 0 saturated carbocycles. The minimum atomic E-state index is -0.966. The molecule has 0 amide bonds. The Hall–Kier alpha value is -2.54. The fourth-order valence-corrected chi connectivity index (χ4v) is 3.53. The van der Waals surface area contributed by atoms with E-state index in [1.807, 2.05) is 26.7 Å². The van der Waals surface area contributed by atoms with Crippen LogP contribution in [0.3, 0.4) is 0 Å². The van der Waals surface area contributed by atoms with Gasteiger partial charge in [-0.2, -0.15) is 5.10 Å². The monoisotopic (exact) mass is 440 g/mol. The summed E-state index contributed by atoms with van der Waals surface area (Å²) in [5.41, 5.74) is 0. The van der Waals surface area contributed by atoms with E-state index < -0.39 is 17.9 Å². The number of carboxylic acid groups (broad SMARTS) is 3. The molecule has 1 saturated heterocycles. The Morgan fingerprint density at radius 2 is 1.03 bits per heavy atom. The van der Waals surface area contributed by atoms with Crippen molar-refractivity contribution in [2.45, 2.75) is 6.54 Å². The van der Waals surface area contributed by atoms with Crippen LogP contribution in [0.15, 0.2) is 18.5 Å². The summed E-state index contributed by atoms with van der Waals surface area (Å²) in [4.78, 5) is 41.3. The Kier molecular flexibility index (Phi) is 10.4. The van der Waals surface area contributed by atoms with Crippen LogP contribution in [-0.4, -0.2) is 141 Å². The lowest BCUT2D eigenvalue weighted by Crippen LogP contribution is -2.48. The van der Waals surface area contributed by atoms with Crippen molar-refractivity contribution in [1.29, 1.82) is 0 Å². The van der Waals surface area contributed by atoms with Crippen molar-refractivity contribution in [2.24, 2.45) is 0 Å². The van der Waals surface area contributed by atoms with Gasteiger partial charge in [-0.15, -0.1) is 0 Å². The van der Waals surface area contributed by atoms with Gasteiger partial charge in [0.15, 0.2) is 0 Å². The molecule has 0 bridgehead atoms. The summed E-state index contributed by atoms with van der Waals surface area (Å²) in [6.45, 7) is 4.90. The number of hydrogen-bond donors (Lipinski definition) is 3. The van der Waals surface area contributed by atoms with Crippen LogP contribution in [0, 0.1) is 0 Å². The highest BCUT2D eigenvalue weighted by Crippen LogP contribution is 2.02. The number of rotatable bonds is 9. The molecular weight excluding hydrogens is 408 g/mol. The molecule has 12 nitrogen and oxygen atoms in total. The first-order valence-corrected chi connectivity index (χ1v) is 10.3. The first-order chi connectivity index (χ1) is 14.8. The van der Waals surface area contributed by atoms with Gasteiger partial charge in [0.05, 0.1) is 26.2 Å². The maximum Gasteiger partial charge on any atom is 0.317 e. The fraction of sp³-hybridized carbons (Fsp3) is 0.684. The van der Waals surface area contributed by atoms with Crippen molar-refractivity contribution < 1.29 is 29.7 Å². The Labute approximate surface area is 181 Å². The largest absolute Gasteiger partial charge is 0.480 e. The molecule has 174 valence electrons. The van der Waals surface area contributed by atoms with Gasteiger partial charge in [0, 0.05) is 71.3 Å². The first kappa shape index (κ1) is 24.7. The molecule has 3 N–H and O–H groups in total. The second-order valence-corrected chi connectivity index (χ2v) is 7.62. The Morgan fingerprint density at radius 1 is 0.645 bits per heavy atom. The normalized spacial score (nSPS) is 18.8. The van der Waals surface area contributed by atoms with Crippen molar-refractivity contribution in [2.75, 3.05) is 78.5 Å². The van der Waals surface area contributed by atoms with Crippen LogP contribution in [0.5, 0.6) is 0 Å². The zero-order valence-corrected chi connectivity index (χ0v) is 17.7. The van der Waals surface area contributed by atoms with Crippen LogP contribution in [0.25, 0.3) is 0 Å². The Morgan fingerprint density at radius 3 is 1.35 bits per heavy atom. The molecule has 0 spiro atoms. The van der Waals surface area contributed by atoms with Gasteiger partial charge >= 0.3 is 17.9 Å². The van der Waals surface area contributed by atoms with Crippen LogP contribution in [0.1, 0.15) is 0 Å². The maximum absolute atomic E-state index is 11.3. The van der Waals surface area contributed by atoms with Crippen LogP contribution < -0.4 is 0 Å². The van der Waals surface area contributed by atoms with E-state index in [-0.39, 0.29) is 19.6 Å². The highest BCUT2D eigenvalue weighted by Gasteiger charge is 2.20. The zero-order chi connectivity index (χ0) is 22.6. The van der Waals surface area contributed by atoms with Gasteiger partial charge in [0.1, 0.15) is 0 Å². The van der Waals surface area contributed by atoms with Crippen molar-refractivity contribution in [3.63, 3.8) is 0 Å². The van der Waals surface area contributed by atoms with E-state index in [0.29, 0.717) is 65.4 Å². The first-order valence-electron chi connectivity index (χ1n) is 10.3. The summed E-state index contributed by atoms with van der Waals surface area (Å²) in [7, 11) is 0. The molecule has 0 atom stereocenters. The highest BCUT2D eigenvalue weighted by atomic mass is 16.4. The SMILES string of the molecule is O=C(O)CN1CCN(CCn2cccn2)CCN(CC(=O)O)CCN(CC(=O)O)CC1. The molecule has 0 radical (unpaired) electrons. The average molecular weight is 441 g/mol. The molecular formula is C19H32N6O6. The molecule has 1 aromatic heterocycles. The lowest BCUT2D eigenvalue weighted by atomic mass is 10.3. The van der Waals surface area contributed by atoms with Crippen LogP contribution in [0.4, 0.5) is 0 Å². The summed E-state index contributed by atoms with van der Waals surface area (Å²) in [6.07, 6.45) is 3.59. The molecule has 1 fully saturated rings. The Bertz CT molecular complexity index is 668. The van der Waals surface area contributed by atoms with Gasteiger partial charge in [-0.3, -0.25) is 38.7 Å². The van der Waals surface area contributed by atoms with Gasteiger partial charge in [-0.05, 0) is 6.07 Å². The van der Waals surface area contributed by atoms with E-state index >= 15 is 0 Å². The number of carboxylic acids is 3. The zero-order valence-electron chi connectivity index (χ0n) is 17.7. The highest BCUT2D eigenvalue weighted by molar-refractivity contribution is 5.69. The molecule has 2 heterocycles. The molecule has 0 aromatic carbocycles. The van der Waals surface area contributed by atoms with Gasteiger partial charge in [0.2, 0.25) is 0 Å². The van der Waals surface area contributed by atoms with Crippen LogP contribution in [0.2, 0.25) is 0 Å². The number of nitrogens with zero attached hydrogens (tertiary/aromatic N) is 6. The molecule has 2 rings (SSSR count). The van der Waals surface area contributed by atoms with Gasteiger partial charge in [-0.1, -0.05) is 0 Å². The lowest BCUT2D eigenvalue weighted by Gasteiger charge is -2.33. The number of carbonyl (C=O) groups is 3. The summed E-state index contributed by atoms with van der Waals surface area (Å²) in [6, 6.07) is 1.85. The Balaban J connectivity index is 2.08. The topological polar surface area (TPSA) is 143 Å². The number of aliphatic carboxylic acids is 3. The van der Waals surface area contributed by atoms with Gasteiger partial charge in [0.25, 0.3) is 0 Å². The number of hydrogen-bond acceptors (Lipinski definition) is 8. The van der Waals surface area contributed by atoms with E-state index in [2.05, 4.69) is 10.00 Å². The summed E-state index contributed by atoms with van der Waals surface area (Å²) in [5.74, 6) is -2.81. The third kappa shape index (κ3) is 10.4. The smallest absolute Gasteiger partial charge is 0.317 e.